The largest absolute Gasteiger partial charge is 0.453 e. The van der Waals surface area contributed by atoms with Gasteiger partial charge in [-0.05, 0) is 24.7 Å². The second-order valence-electron chi connectivity index (χ2n) is 8.05. The molecular formula is C18H30N2O3S2. The van der Waals surface area contributed by atoms with Gasteiger partial charge in [-0.2, -0.15) is 0 Å². The summed E-state index contributed by atoms with van der Waals surface area (Å²) >= 11 is 4.23. The summed E-state index contributed by atoms with van der Waals surface area (Å²) in [5, 5.41) is 2.76. The summed E-state index contributed by atoms with van der Waals surface area (Å²) in [6.07, 6.45) is 1.67. The Morgan fingerprint density at radius 2 is 1.84 bits per heavy atom. The number of carbonyl (C=O) groups is 2. The summed E-state index contributed by atoms with van der Waals surface area (Å²) in [5.41, 5.74) is 0. The molecule has 7 heteroatoms. The van der Waals surface area contributed by atoms with Gasteiger partial charge in [0.2, 0.25) is 5.91 Å². The number of carbonyl (C=O) groups excluding carboxylic acids is 2. The minimum absolute atomic E-state index is 0.0303. The number of amides is 2. The standard InChI is InChI=1S/C18H30N2O3S2/c1-10(2)14(19-17(22)23-5)16(21)20-12-8-13(15(20)11(3)4)18(9-12)24-6-7-25-18/h10-15H,6-9H2,1-5H3,(H,19,22)/t12-,13-,14+,15-/m1/s1. The Balaban J connectivity index is 1.83. The predicted octanol–water partition coefficient (Wildman–Crippen LogP) is 3.19. The number of nitrogens with zero attached hydrogens (tertiary/aromatic N) is 1. The van der Waals surface area contributed by atoms with Gasteiger partial charge in [0.1, 0.15) is 6.04 Å². The zero-order valence-electron chi connectivity index (χ0n) is 15.8. The summed E-state index contributed by atoms with van der Waals surface area (Å²) < 4.78 is 5.05. The summed E-state index contributed by atoms with van der Waals surface area (Å²) in [4.78, 5) is 27.2. The minimum atomic E-state index is -0.532. The highest BCUT2D eigenvalue weighted by molar-refractivity contribution is 8.21. The minimum Gasteiger partial charge on any atom is -0.453 e. The van der Waals surface area contributed by atoms with E-state index in [9.17, 15) is 9.59 Å². The monoisotopic (exact) mass is 386 g/mol. The molecule has 2 heterocycles. The van der Waals surface area contributed by atoms with Gasteiger partial charge in [-0.3, -0.25) is 4.79 Å². The number of ether oxygens (including phenoxy) is 1. The number of thioether (sulfide) groups is 2. The van der Waals surface area contributed by atoms with Crippen molar-refractivity contribution in [3.8, 4) is 0 Å². The third kappa shape index (κ3) is 3.27. The first-order chi connectivity index (χ1) is 11.8. The summed E-state index contributed by atoms with van der Waals surface area (Å²) in [7, 11) is 1.34. The van der Waals surface area contributed by atoms with E-state index in [2.05, 4.69) is 47.6 Å². The highest BCUT2D eigenvalue weighted by Crippen LogP contribution is 2.64. The van der Waals surface area contributed by atoms with Crippen LogP contribution < -0.4 is 5.32 Å². The van der Waals surface area contributed by atoms with E-state index in [4.69, 9.17) is 4.74 Å². The maximum Gasteiger partial charge on any atom is 0.407 e. The fourth-order valence-corrected chi connectivity index (χ4v) is 8.57. The molecule has 2 amide bonds. The molecule has 0 unspecified atom stereocenters. The molecule has 0 aromatic carbocycles. The Bertz CT molecular complexity index is 534. The number of alkyl carbamates (subject to hydrolysis) is 1. The molecule has 4 atom stereocenters. The van der Waals surface area contributed by atoms with Crippen molar-refractivity contribution in [1.82, 2.24) is 10.2 Å². The Kier molecular flexibility index (Phi) is 5.55. The second-order valence-corrected chi connectivity index (χ2v) is 11.2. The van der Waals surface area contributed by atoms with E-state index in [0.29, 0.717) is 22.0 Å². The van der Waals surface area contributed by atoms with Crippen molar-refractivity contribution in [3.63, 3.8) is 0 Å². The number of likely N-dealkylation sites (tertiary alicyclic amines) is 1. The van der Waals surface area contributed by atoms with Crippen LogP contribution in [0.2, 0.25) is 0 Å². The van der Waals surface area contributed by atoms with Gasteiger partial charge in [-0.15, -0.1) is 23.5 Å². The lowest BCUT2D eigenvalue weighted by molar-refractivity contribution is -0.140. The van der Waals surface area contributed by atoms with Crippen LogP contribution in [0.25, 0.3) is 0 Å². The first-order valence-corrected chi connectivity index (χ1v) is 11.2. The molecule has 1 spiro atoms. The smallest absolute Gasteiger partial charge is 0.407 e. The van der Waals surface area contributed by atoms with Gasteiger partial charge in [-0.25, -0.2) is 4.79 Å². The van der Waals surface area contributed by atoms with Crippen LogP contribution in [-0.2, 0) is 9.53 Å². The molecule has 0 aromatic heterocycles. The Hall–Kier alpha value is -0.560. The molecule has 2 aliphatic heterocycles. The lowest BCUT2D eigenvalue weighted by Crippen LogP contribution is -2.59. The van der Waals surface area contributed by atoms with E-state index in [1.54, 1.807) is 0 Å². The Labute approximate surface area is 159 Å². The molecule has 5 nitrogen and oxygen atoms in total. The van der Waals surface area contributed by atoms with Gasteiger partial charge >= 0.3 is 6.09 Å². The van der Waals surface area contributed by atoms with Crippen LogP contribution in [-0.4, -0.2) is 57.7 Å². The van der Waals surface area contributed by atoms with Crippen molar-refractivity contribution in [2.24, 2.45) is 17.8 Å². The maximum absolute atomic E-state index is 13.4. The van der Waals surface area contributed by atoms with Crippen molar-refractivity contribution < 1.29 is 14.3 Å². The molecule has 2 bridgehead atoms. The molecule has 0 aromatic rings. The number of nitrogens with one attached hydrogen (secondary N) is 1. The van der Waals surface area contributed by atoms with E-state index in [0.717, 1.165) is 12.8 Å². The fourth-order valence-electron chi connectivity index (χ4n) is 4.86. The highest BCUT2D eigenvalue weighted by atomic mass is 32.2. The average Bonchev–Trinajstić information content (AvgIpc) is 3.25. The maximum atomic E-state index is 13.4. The number of hydrogen-bond donors (Lipinski definition) is 1. The van der Waals surface area contributed by atoms with E-state index < -0.39 is 12.1 Å². The molecule has 3 fully saturated rings. The summed E-state index contributed by atoms with van der Waals surface area (Å²) in [5.74, 6) is 3.53. The average molecular weight is 387 g/mol. The number of hydrogen-bond acceptors (Lipinski definition) is 5. The number of methoxy groups -OCH3 is 1. The van der Waals surface area contributed by atoms with Crippen molar-refractivity contribution in [1.29, 1.82) is 0 Å². The van der Waals surface area contributed by atoms with Crippen LogP contribution in [0.3, 0.4) is 0 Å². The lowest BCUT2D eigenvalue weighted by Gasteiger charge is -2.46. The molecule has 0 radical (unpaired) electrons. The van der Waals surface area contributed by atoms with Crippen LogP contribution >= 0.6 is 23.5 Å². The summed E-state index contributed by atoms with van der Waals surface area (Å²) in [6, 6.07) is 0.0571. The third-order valence-electron chi connectivity index (χ3n) is 5.84. The molecular weight excluding hydrogens is 356 g/mol. The van der Waals surface area contributed by atoms with Gasteiger partial charge in [0, 0.05) is 29.5 Å². The first kappa shape index (κ1) is 19.2. The van der Waals surface area contributed by atoms with Crippen molar-refractivity contribution in [2.75, 3.05) is 18.6 Å². The number of fused-ring (bicyclic) bond motifs is 3. The molecule has 2 saturated heterocycles. The molecule has 1 saturated carbocycles. The zero-order chi connectivity index (χ0) is 18.4. The topological polar surface area (TPSA) is 58.6 Å². The summed E-state index contributed by atoms with van der Waals surface area (Å²) in [6.45, 7) is 8.40. The van der Waals surface area contributed by atoms with Crippen LogP contribution in [0, 0.1) is 17.8 Å². The number of rotatable bonds is 4. The molecule has 3 rings (SSSR count). The normalized spacial score (nSPS) is 31.2. The number of piperidine rings is 1. The van der Waals surface area contributed by atoms with Crippen LogP contribution in [0.5, 0.6) is 0 Å². The van der Waals surface area contributed by atoms with Gasteiger partial charge in [0.15, 0.2) is 0 Å². The van der Waals surface area contributed by atoms with Gasteiger partial charge < -0.3 is 15.0 Å². The molecule has 142 valence electrons. The third-order valence-corrected chi connectivity index (χ3v) is 9.54. The first-order valence-electron chi connectivity index (χ1n) is 9.25. The van der Waals surface area contributed by atoms with Gasteiger partial charge in [0.05, 0.1) is 11.2 Å². The van der Waals surface area contributed by atoms with Gasteiger partial charge in [-0.1, -0.05) is 27.7 Å². The second kappa shape index (κ2) is 7.22. The Morgan fingerprint density at radius 3 is 2.36 bits per heavy atom. The van der Waals surface area contributed by atoms with Crippen molar-refractivity contribution in [2.45, 2.75) is 62.7 Å². The zero-order valence-corrected chi connectivity index (χ0v) is 17.4. The lowest BCUT2D eigenvalue weighted by atomic mass is 9.87. The van der Waals surface area contributed by atoms with Crippen LogP contribution in [0.1, 0.15) is 40.5 Å². The fraction of sp³-hybridized carbons (Fsp3) is 0.889. The van der Waals surface area contributed by atoms with Crippen molar-refractivity contribution >= 4 is 35.5 Å². The van der Waals surface area contributed by atoms with E-state index in [-0.39, 0.29) is 17.9 Å². The molecule has 1 aliphatic carbocycles. The van der Waals surface area contributed by atoms with E-state index in [1.165, 1.54) is 18.6 Å². The SMILES string of the molecule is COC(=O)N[C@H](C(=O)N1[C@@H]2C[C@H]([C@H]1C(C)C)C1(C2)SCCS1)C(C)C. The quantitative estimate of drug-likeness (QED) is 0.804. The predicted molar refractivity (Wildman–Crippen MR) is 104 cm³/mol. The van der Waals surface area contributed by atoms with E-state index >= 15 is 0 Å². The Morgan fingerprint density at radius 1 is 1.20 bits per heavy atom. The van der Waals surface area contributed by atoms with Gasteiger partial charge in [0.25, 0.3) is 0 Å². The van der Waals surface area contributed by atoms with Crippen molar-refractivity contribution in [3.05, 3.63) is 0 Å². The molecule has 3 aliphatic rings. The van der Waals surface area contributed by atoms with E-state index in [1.807, 2.05) is 13.8 Å². The highest BCUT2D eigenvalue weighted by Gasteiger charge is 2.63. The van der Waals surface area contributed by atoms with Crippen LogP contribution in [0.4, 0.5) is 4.79 Å². The molecule has 1 N–H and O–H groups in total. The van der Waals surface area contributed by atoms with Crippen LogP contribution in [0.15, 0.2) is 0 Å². The molecule has 25 heavy (non-hydrogen) atoms.